The van der Waals surface area contributed by atoms with Crippen LogP contribution in [0.25, 0.3) is 0 Å². The third kappa shape index (κ3) is 2.06. The van der Waals surface area contributed by atoms with Gasteiger partial charge in [-0.3, -0.25) is 0 Å². The highest BCUT2D eigenvalue weighted by molar-refractivity contribution is 5.50. The van der Waals surface area contributed by atoms with E-state index in [4.69, 9.17) is 4.74 Å². The number of ether oxygens (including phenoxy) is 1. The Morgan fingerprint density at radius 1 is 1.35 bits per heavy atom. The Balaban J connectivity index is 2.58. The van der Waals surface area contributed by atoms with Crippen molar-refractivity contribution in [3.8, 4) is 5.75 Å². The summed E-state index contributed by atoms with van der Waals surface area (Å²) in [5.41, 5.74) is 4.02. The fourth-order valence-electron chi connectivity index (χ4n) is 2.74. The van der Waals surface area contributed by atoms with E-state index in [-0.39, 0.29) is 0 Å². The molecule has 1 aliphatic heterocycles. The smallest absolute Gasteiger partial charge is 0.127 e. The Morgan fingerprint density at radius 3 is 2.65 bits per heavy atom. The highest BCUT2D eigenvalue weighted by atomic mass is 16.5. The van der Waals surface area contributed by atoms with Gasteiger partial charge in [-0.2, -0.15) is 0 Å². The number of rotatable bonds is 2. The molecule has 1 aliphatic rings. The van der Waals surface area contributed by atoms with E-state index in [9.17, 15) is 0 Å². The molecule has 0 amide bonds. The Morgan fingerprint density at radius 2 is 2.06 bits per heavy atom. The Labute approximate surface area is 104 Å². The Hall–Kier alpha value is -1.02. The fourth-order valence-corrected chi connectivity index (χ4v) is 2.74. The van der Waals surface area contributed by atoms with E-state index >= 15 is 0 Å². The Kier molecular flexibility index (Phi) is 3.43. The summed E-state index contributed by atoms with van der Waals surface area (Å²) in [6.45, 7) is 9.67. The predicted octanol–water partition coefficient (Wildman–Crippen LogP) is 3.41. The third-order valence-electron chi connectivity index (χ3n) is 3.75. The second-order valence-corrected chi connectivity index (χ2v) is 5.42. The van der Waals surface area contributed by atoms with Crippen LogP contribution in [0.15, 0.2) is 12.1 Å². The number of aryl methyl sites for hydroxylation is 1. The van der Waals surface area contributed by atoms with E-state index in [0.29, 0.717) is 17.9 Å². The maximum Gasteiger partial charge on any atom is 0.127 e. The first-order valence-corrected chi connectivity index (χ1v) is 6.49. The van der Waals surface area contributed by atoms with E-state index in [0.717, 1.165) is 12.4 Å². The minimum atomic E-state index is 0.414. The lowest BCUT2D eigenvalue weighted by Gasteiger charge is -2.34. The van der Waals surface area contributed by atoms with Gasteiger partial charge in [-0.25, -0.2) is 0 Å². The molecule has 1 aromatic rings. The minimum Gasteiger partial charge on any atom is -0.493 e. The maximum atomic E-state index is 6.00. The van der Waals surface area contributed by atoms with Gasteiger partial charge >= 0.3 is 0 Å². The molecule has 0 aromatic heterocycles. The summed E-state index contributed by atoms with van der Waals surface area (Å²) in [6.07, 6.45) is 0. The number of hydrogen-bond acceptors (Lipinski definition) is 2. The molecule has 0 bridgehead atoms. The zero-order valence-electron chi connectivity index (χ0n) is 11.5. The fraction of sp³-hybridized carbons (Fsp3) is 0.600. The van der Waals surface area contributed by atoms with Crippen LogP contribution in [-0.4, -0.2) is 13.7 Å². The topological polar surface area (TPSA) is 21.3 Å². The van der Waals surface area contributed by atoms with Crippen LogP contribution in [-0.2, 0) is 0 Å². The van der Waals surface area contributed by atoms with Crippen LogP contribution in [0.5, 0.6) is 5.75 Å². The van der Waals surface area contributed by atoms with E-state index in [1.54, 1.807) is 0 Å². The van der Waals surface area contributed by atoms with Crippen LogP contribution in [0.1, 0.15) is 49.4 Å². The lowest BCUT2D eigenvalue weighted by atomic mass is 9.85. The molecule has 2 nitrogen and oxygen atoms in total. The van der Waals surface area contributed by atoms with Gasteiger partial charge in [-0.05, 0) is 31.0 Å². The number of benzene rings is 1. The van der Waals surface area contributed by atoms with Gasteiger partial charge in [-0.1, -0.05) is 32.9 Å². The van der Waals surface area contributed by atoms with Crippen LogP contribution in [0, 0.1) is 12.8 Å². The van der Waals surface area contributed by atoms with Gasteiger partial charge in [0, 0.05) is 17.5 Å². The third-order valence-corrected chi connectivity index (χ3v) is 3.75. The molecule has 1 aromatic carbocycles. The summed E-state index contributed by atoms with van der Waals surface area (Å²) in [4.78, 5) is 0. The normalized spacial score (nSPS) is 23.4. The number of fused-ring (bicyclic) bond motifs is 1. The molecule has 0 aliphatic carbocycles. The van der Waals surface area contributed by atoms with Crippen LogP contribution in [0.4, 0.5) is 0 Å². The molecule has 1 heterocycles. The highest BCUT2D eigenvalue weighted by Gasteiger charge is 2.30. The monoisotopic (exact) mass is 233 g/mol. The van der Waals surface area contributed by atoms with Gasteiger partial charge in [-0.15, -0.1) is 0 Å². The van der Waals surface area contributed by atoms with Crippen LogP contribution >= 0.6 is 0 Å². The van der Waals surface area contributed by atoms with Crippen molar-refractivity contribution in [3.63, 3.8) is 0 Å². The predicted molar refractivity (Wildman–Crippen MR) is 71.7 cm³/mol. The summed E-state index contributed by atoms with van der Waals surface area (Å²) in [5, 5.41) is 3.44. The zero-order chi connectivity index (χ0) is 12.6. The highest BCUT2D eigenvalue weighted by Crippen LogP contribution is 2.41. The summed E-state index contributed by atoms with van der Waals surface area (Å²) in [5.74, 6) is 2.15. The molecular formula is C15H23NO. The largest absolute Gasteiger partial charge is 0.493 e. The van der Waals surface area contributed by atoms with Gasteiger partial charge in [0.15, 0.2) is 0 Å². The molecule has 1 N–H and O–H groups in total. The summed E-state index contributed by atoms with van der Waals surface area (Å²) in [7, 11) is 2.04. The van der Waals surface area contributed by atoms with Gasteiger partial charge < -0.3 is 10.1 Å². The van der Waals surface area contributed by atoms with Gasteiger partial charge in [0.05, 0.1) is 6.61 Å². The molecule has 2 heteroatoms. The van der Waals surface area contributed by atoms with Crippen molar-refractivity contribution >= 4 is 0 Å². The second-order valence-electron chi connectivity index (χ2n) is 5.42. The molecule has 2 rings (SSSR count). The molecule has 2 atom stereocenters. The van der Waals surface area contributed by atoms with E-state index in [2.05, 4.69) is 45.1 Å². The van der Waals surface area contributed by atoms with Crippen LogP contribution in [0.2, 0.25) is 0 Å². The average molecular weight is 233 g/mol. The van der Waals surface area contributed by atoms with Crippen molar-refractivity contribution in [1.29, 1.82) is 0 Å². The van der Waals surface area contributed by atoms with Crippen molar-refractivity contribution in [2.24, 2.45) is 5.92 Å². The van der Waals surface area contributed by atoms with Crippen molar-refractivity contribution < 1.29 is 4.74 Å². The summed E-state index contributed by atoms with van der Waals surface area (Å²) < 4.78 is 6.00. The van der Waals surface area contributed by atoms with Gasteiger partial charge in [0.25, 0.3) is 0 Å². The van der Waals surface area contributed by atoms with Gasteiger partial charge in [0.2, 0.25) is 0 Å². The molecule has 0 saturated carbocycles. The second kappa shape index (κ2) is 4.69. The molecule has 0 radical (unpaired) electrons. The van der Waals surface area contributed by atoms with E-state index < -0.39 is 0 Å². The van der Waals surface area contributed by atoms with E-state index in [1.807, 2.05) is 7.05 Å². The molecule has 94 valence electrons. The minimum absolute atomic E-state index is 0.414. The standard InChI is InChI=1S/C15H23NO/c1-9(2)12-7-6-10(3)13-14(16-5)11(4)8-17-15(12)13/h6-7,9,11,14,16H,8H2,1-5H3. The quantitative estimate of drug-likeness (QED) is 0.845. The molecule has 0 spiro atoms. The summed E-state index contributed by atoms with van der Waals surface area (Å²) >= 11 is 0. The molecule has 17 heavy (non-hydrogen) atoms. The van der Waals surface area contributed by atoms with Crippen LogP contribution < -0.4 is 10.1 Å². The first-order chi connectivity index (χ1) is 8.06. The first-order valence-electron chi connectivity index (χ1n) is 6.49. The van der Waals surface area contributed by atoms with Crippen molar-refractivity contribution in [2.75, 3.05) is 13.7 Å². The van der Waals surface area contributed by atoms with E-state index in [1.165, 1.54) is 16.7 Å². The number of nitrogens with one attached hydrogen (secondary N) is 1. The Bertz CT molecular complexity index is 412. The maximum absolute atomic E-state index is 6.00. The first kappa shape index (κ1) is 12.4. The lowest BCUT2D eigenvalue weighted by molar-refractivity contribution is 0.190. The number of hydrogen-bond donors (Lipinski definition) is 1. The zero-order valence-corrected chi connectivity index (χ0v) is 11.5. The molecule has 0 fully saturated rings. The van der Waals surface area contributed by atoms with Gasteiger partial charge in [0.1, 0.15) is 5.75 Å². The lowest BCUT2D eigenvalue weighted by Crippen LogP contribution is -2.33. The molecule has 2 unspecified atom stereocenters. The molecule has 0 saturated heterocycles. The van der Waals surface area contributed by atoms with Crippen molar-refractivity contribution in [1.82, 2.24) is 5.32 Å². The molecular weight excluding hydrogens is 210 g/mol. The van der Waals surface area contributed by atoms with Crippen molar-refractivity contribution in [3.05, 3.63) is 28.8 Å². The van der Waals surface area contributed by atoms with Crippen molar-refractivity contribution in [2.45, 2.75) is 39.7 Å². The average Bonchev–Trinajstić information content (AvgIpc) is 2.29. The SMILES string of the molecule is CNC1c2c(C)ccc(C(C)C)c2OCC1C. The summed E-state index contributed by atoms with van der Waals surface area (Å²) in [6, 6.07) is 4.85. The van der Waals surface area contributed by atoms with Crippen LogP contribution in [0.3, 0.4) is 0 Å².